The van der Waals surface area contributed by atoms with Crippen LogP contribution in [0.4, 0.5) is 5.13 Å². The zero-order valence-electron chi connectivity index (χ0n) is 12.9. The highest BCUT2D eigenvalue weighted by Crippen LogP contribution is 2.29. The van der Waals surface area contributed by atoms with Crippen LogP contribution in [-0.4, -0.2) is 17.5 Å². The fourth-order valence-electron chi connectivity index (χ4n) is 2.57. The molecule has 1 aliphatic rings. The number of thiazole rings is 1. The van der Waals surface area contributed by atoms with Crippen LogP contribution >= 0.6 is 11.3 Å². The van der Waals surface area contributed by atoms with Gasteiger partial charge in [-0.2, -0.15) is 0 Å². The molecule has 5 heteroatoms. The van der Waals surface area contributed by atoms with Crippen LogP contribution in [0.25, 0.3) is 0 Å². The summed E-state index contributed by atoms with van der Waals surface area (Å²) in [5.74, 6) is 0.598. The van der Waals surface area contributed by atoms with Crippen molar-refractivity contribution in [1.82, 2.24) is 4.98 Å². The van der Waals surface area contributed by atoms with E-state index in [-0.39, 0.29) is 12.5 Å². The van der Waals surface area contributed by atoms with Crippen LogP contribution in [0.1, 0.15) is 34.5 Å². The number of aryl methyl sites for hydroxylation is 4. The lowest BCUT2D eigenvalue weighted by atomic mass is 10.0. The molecule has 0 atom stereocenters. The van der Waals surface area contributed by atoms with E-state index in [9.17, 15) is 4.79 Å². The smallest absolute Gasteiger partial charge is 0.264 e. The lowest BCUT2D eigenvalue weighted by Crippen LogP contribution is -2.20. The summed E-state index contributed by atoms with van der Waals surface area (Å²) in [6, 6.07) is 5.98. The molecule has 2 aromatic rings. The van der Waals surface area contributed by atoms with Gasteiger partial charge in [-0.05, 0) is 56.7 Å². The number of hydrogen-bond acceptors (Lipinski definition) is 4. The molecule has 0 fully saturated rings. The van der Waals surface area contributed by atoms with Crippen LogP contribution in [0.15, 0.2) is 18.2 Å². The molecule has 1 heterocycles. The summed E-state index contributed by atoms with van der Waals surface area (Å²) in [5, 5.41) is 3.54. The van der Waals surface area contributed by atoms with Gasteiger partial charge in [0, 0.05) is 4.88 Å². The van der Waals surface area contributed by atoms with Crippen LogP contribution in [0.5, 0.6) is 5.75 Å². The Labute approximate surface area is 134 Å². The molecule has 22 heavy (non-hydrogen) atoms. The molecule has 1 aliphatic carbocycles. The largest absolute Gasteiger partial charge is 0.483 e. The van der Waals surface area contributed by atoms with Gasteiger partial charge in [0.25, 0.3) is 5.91 Å². The number of carbonyl (C=O) groups is 1. The molecule has 1 aromatic carbocycles. The fourth-order valence-corrected chi connectivity index (χ4v) is 3.63. The second-order valence-electron chi connectivity index (χ2n) is 5.70. The Kier molecular flexibility index (Phi) is 4.43. The average Bonchev–Trinajstić information content (AvgIpc) is 2.90. The van der Waals surface area contributed by atoms with Crippen LogP contribution < -0.4 is 10.1 Å². The zero-order chi connectivity index (χ0) is 15.5. The number of ether oxygens (including phenoxy) is 1. The summed E-state index contributed by atoms with van der Waals surface area (Å²) < 4.78 is 5.62. The van der Waals surface area contributed by atoms with Crippen LogP contribution in [0.3, 0.4) is 0 Å². The predicted octanol–water partition coefficient (Wildman–Crippen LogP) is 3.66. The highest BCUT2D eigenvalue weighted by molar-refractivity contribution is 7.15. The first-order valence-corrected chi connectivity index (χ1v) is 8.42. The van der Waals surface area contributed by atoms with Gasteiger partial charge in [-0.25, -0.2) is 4.98 Å². The quantitative estimate of drug-likeness (QED) is 0.936. The minimum absolute atomic E-state index is 0.00847. The first-order valence-electron chi connectivity index (χ1n) is 7.60. The van der Waals surface area contributed by atoms with Gasteiger partial charge in [0.15, 0.2) is 11.7 Å². The van der Waals surface area contributed by atoms with E-state index in [0.29, 0.717) is 5.13 Å². The Hall–Kier alpha value is -1.88. The first kappa shape index (κ1) is 15.0. The molecule has 0 aliphatic heterocycles. The molecule has 0 saturated heterocycles. The van der Waals surface area contributed by atoms with E-state index in [1.165, 1.54) is 17.7 Å². The SMILES string of the molecule is Cc1ccc(C)c(OCC(=O)Nc2nc3c(s2)CCCC3)c1. The molecule has 1 aromatic heterocycles. The first-order chi connectivity index (χ1) is 10.6. The van der Waals surface area contributed by atoms with Gasteiger partial charge in [-0.1, -0.05) is 12.1 Å². The summed E-state index contributed by atoms with van der Waals surface area (Å²) in [4.78, 5) is 17.9. The van der Waals surface area contributed by atoms with Gasteiger partial charge in [0.05, 0.1) is 5.69 Å². The van der Waals surface area contributed by atoms with Gasteiger partial charge in [0.2, 0.25) is 0 Å². The molecule has 0 bridgehead atoms. The van der Waals surface area contributed by atoms with Gasteiger partial charge in [0.1, 0.15) is 5.75 Å². The third-order valence-electron chi connectivity index (χ3n) is 3.79. The lowest BCUT2D eigenvalue weighted by molar-refractivity contribution is -0.118. The van der Waals surface area contributed by atoms with E-state index < -0.39 is 0 Å². The van der Waals surface area contributed by atoms with E-state index in [1.807, 2.05) is 32.0 Å². The van der Waals surface area contributed by atoms with Crippen molar-refractivity contribution in [2.75, 3.05) is 11.9 Å². The third-order valence-corrected chi connectivity index (χ3v) is 4.87. The fraction of sp³-hybridized carbons (Fsp3) is 0.412. The minimum Gasteiger partial charge on any atom is -0.483 e. The third kappa shape index (κ3) is 3.47. The number of benzene rings is 1. The Morgan fingerprint density at radius 2 is 2.14 bits per heavy atom. The summed E-state index contributed by atoms with van der Waals surface area (Å²) in [5.41, 5.74) is 3.30. The normalized spacial score (nSPS) is 13.5. The maximum atomic E-state index is 12.0. The Morgan fingerprint density at radius 3 is 2.95 bits per heavy atom. The molecule has 116 valence electrons. The molecule has 1 amide bonds. The maximum absolute atomic E-state index is 12.0. The number of amides is 1. The van der Waals surface area contributed by atoms with E-state index >= 15 is 0 Å². The highest BCUT2D eigenvalue weighted by Gasteiger charge is 2.16. The van der Waals surface area contributed by atoms with E-state index in [2.05, 4.69) is 10.3 Å². The number of carbonyl (C=O) groups excluding carboxylic acids is 1. The molecule has 0 unspecified atom stereocenters. The lowest BCUT2D eigenvalue weighted by Gasteiger charge is -2.09. The Morgan fingerprint density at radius 1 is 1.32 bits per heavy atom. The van der Waals surface area contributed by atoms with Crippen LogP contribution in [-0.2, 0) is 17.6 Å². The van der Waals surface area contributed by atoms with Gasteiger partial charge in [-0.3, -0.25) is 10.1 Å². The van der Waals surface area contributed by atoms with Crippen molar-refractivity contribution in [2.45, 2.75) is 39.5 Å². The molecule has 0 spiro atoms. The van der Waals surface area contributed by atoms with Crippen molar-refractivity contribution >= 4 is 22.4 Å². The number of hydrogen-bond donors (Lipinski definition) is 1. The second kappa shape index (κ2) is 6.48. The average molecular weight is 316 g/mol. The molecule has 0 saturated carbocycles. The number of nitrogens with one attached hydrogen (secondary N) is 1. The van der Waals surface area contributed by atoms with Crippen molar-refractivity contribution in [3.05, 3.63) is 39.9 Å². The number of nitrogens with zero attached hydrogens (tertiary/aromatic N) is 1. The number of rotatable bonds is 4. The van der Waals surface area contributed by atoms with Crippen LogP contribution in [0, 0.1) is 13.8 Å². The van der Waals surface area contributed by atoms with Crippen molar-refractivity contribution in [1.29, 1.82) is 0 Å². The molecular weight excluding hydrogens is 296 g/mol. The molecule has 1 N–H and O–H groups in total. The van der Waals surface area contributed by atoms with Crippen LogP contribution in [0.2, 0.25) is 0 Å². The number of anilines is 1. The zero-order valence-corrected chi connectivity index (χ0v) is 13.8. The summed E-state index contributed by atoms with van der Waals surface area (Å²) >= 11 is 1.59. The molecule has 3 rings (SSSR count). The van der Waals surface area contributed by atoms with Gasteiger partial charge < -0.3 is 4.74 Å². The molecule has 0 radical (unpaired) electrons. The van der Waals surface area contributed by atoms with E-state index in [1.54, 1.807) is 11.3 Å². The highest BCUT2D eigenvalue weighted by atomic mass is 32.1. The second-order valence-corrected chi connectivity index (χ2v) is 6.79. The maximum Gasteiger partial charge on any atom is 0.264 e. The molecular formula is C17H20N2O2S. The van der Waals surface area contributed by atoms with E-state index in [0.717, 1.165) is 35.4 Å². The standard InChI is InChI=1S/C17H20N2O2S/c1-11-7-8-12(2)14(9-11)21-10-16(20)19-17-18-13-5-3-4-6-15(13)22-17/h7-9H,3-6,10H2,1-2H3,(H,18,19,20). The minimum atomic E-state index is -0.160. The monoisotopic (exact) mass is 316 g/mol. The predicted molar refractivity (Wildman–Crippen MR) is 88.8 cm³/mol. The van der Waals surface area contributed by atoms with Crippen molar-refractivity contribution in [3.63, 3.8) is 0 Å². The topological polar surface area (TPSA) is 51.2 Å². The van der Waals surface area contributed by atoms with Crippen molar-refractivity contribution < 1.29 is 9.53 Å². The van der Waals surface area contributed by atoms with Crippen molar-refractivity contribution in [3.8, 4) is 5.75 Å². The summed E-state index contributed by atoms with van der Waals surface area (Å²) in [6.07, 6.45) is 4.53. The Bertz CT molecular complexity index is 670. The number of fused-ring (bicyclic) bond motifs is 1. The van der Waals surface area contributed by atoms with Gasteiger partial charge >= 0.3 is 0 Å². The Balaban J connectivity index is 1.58. The number of aromatic nitrogens is 1. The van der Waals surface area contributed by atoms with E-state index in [4.69, 9.17) is 4.74 Å². The summed E-state index contributed by atoms with van der Waals surface area (Å²) in [7, 11) is 0. The summed E-state index contributed by atoms with van der Waals surface area (Å²) in [6.45, 7) is 3.99. The van der Waals surface area contributed by atoms with Gasteiger partial charge in [-0.15, -0.1) is 11.3 Å². The van der Waals surface area contributed by atoms with Crippen molar-refractivity contribution in [2.24, 2.45) is 0 Å². The molecule has 4 nitrogen and oxygen atoms in total.